The smallest absolute Gasteiger partial charge is 0.373 e. The number of hydrogen-bond donors (Lipinski definition) is 0. The molecule has 0 amide bonds. The fraction of sp³-hybridized carbons (Fsp3) is 0.0385. The van der Waals surface area contributed by atoms with Crippen LogP contribution >= 0.6 is 0 Å². The largest absolute Gasteiger partial charge is 0.422 e. The first-order valence-corrected chi connectivity index (χ1v) is 21.2. The van der Waals surface area contributed by atoms with Gasteiger partial charge in [-0.3, -0.25) is 9.36 Å². The third-order valence-electron chi connectivity index (χ3n) is 10.5. The Kier molecular flexibility index (Phi) is 13.9. The molecule has 0 saturated heterocycles. The Hall–Kier alpha value is -10.3. The highest BCUT2D eigenvalue weighted by Gasteiger charge is 2.27. The third kappa shape index (κ3) is 10.6. The number of aromatic nitrogens is 10. The first-order chi connectivity index (χ1) is 35.1. The quantitative estimate of drug-likeness (QED) is 0.0753. The van der Waals surface area contributed by atoms with Crippen LogP contribution in [0.4, 0.5) is 17.6 Å². The lowest BCUT2D eigenvalue weighted by Gasteiger charge is -2.06. The second kappa shape index (κ2) is 21.4. The normalized spacial score (nSPS) is 11.8. The molecular formula is C52H30F4N10O6. The van der Waals surface area contributed by atoms with Crippen LogP contribution in [0.15, 0.2) is 161 Å². The van der Waals surface area contributed by atoms with E-state index >= 15 is 0 Å². The summed E-state index contributed by atoms with van der Waals surface area (Å²) in [6.07, 6.45) is 6.52. The molecule has 0 N–H and O–H groups in total. The van der Waals surface area contributed by atoms with E-state index in [0.717, 1.165) is 18.0 Å². The van der Waals surface area contributed by atoms with E-state index in [9.17, 15) is 22.4 Å². The predicted octanol–water partition coefficient (Wildman–Crippen LogP) is 9.13. The number of carbonyl (C=O) groups excluding carboxylic acids is 3. The molecule has 0 radical (unpaired) electrons. The lowest BCUT2D eigenvalue weighted by Crippen LogP contribution is -2.06. The molecule has 0 aliphatic carbocycles. The molecule has 20 heteroatoms. The second-order valence-corrected chi connectivity index (χ2v) is 15.1. The first kappa shape index (κ1) is 46.8. The number of rotatable bonds is 9. The topological polar surface area (TPSA) is 200 Å². The SMILES string of the molecule is Fc1ccccc1Cn1nc(-c2ncc(F)c(C#Cc3ccccc3)n2)cc1-c1ccon1.O=C1O/C(=C/c2nc(-c3cc(-c4ccon4)n(Cc4ccccc4F)n3)ncc2F)c2ccccc21.O=C=O. The van der Waals surface area contributed by atoms with Gasteiger partial charge in [-0.25, -0.2) is 42.3 Å². The fourth-order valence-electron chi connectivity index (χ4n) is 7.12. The van der Waals surface area contributed by atoms with Crippen molar-refractivity contribution < 1.29 is 45.7 Å². The van der Waals surface area contributed by atoms with Gasteiger partial charge in [-0.15, -0.1) is 0 Å². The lowest BCUT2D eigenvalue weighted by molar-refractivity contribution is -0.191. The van der Waals surface area contributed by atoms with Crippen LogP contribution in [-0.4, -0.2) is 61.9 Å². The van der Waals surface area contributed by atoms with Crippen LogP contribution in [0.5, 0.6) is 0 Å². The van der Waals surface area contributed by atoms with Gasteiger partial charge in [0.05, 0.1) is 42.4 Å². The van der Waals surface area contributed by atoms with Gasteiger partial charge in [0, 0.05) is 40.5 Å². The molecule has 4 aromatic carbocycles. The Labute approximate surface area is 403 Å². The number of esters is 1. The van der Waals surface area contributed by atoms with E-state index < -0.39 is 17.6 Å². The minimum absolute atomic E-state index is 0.0458. The first-order valence-electron chi connectivity index (χ1n) is 21.2. The summed E-state index contributed by atoms with van der Waals surface area (Å²) in [7, 11) is 0. The minimum Gasteiger partial charge on any atom is -0.422 e. The number of hydrogen-bond acceptors (Lipinski definition) is 14. The molecule has 72 heavy (non-hydrogen) atoms. The number of cyclic esters (lactones) is 1. The van der Waals surface area contributed by atoms with Gasteiger partial charge in [0.15, 0.2) is 29.0 Å². The zero-order valence-electron chi connectivity index (χ0n) is 36.9. The van der Waals surface area contributed by atoms with Crippen molar-refractivity contribution in [2.24, 2.45) is 0 Å². The van der Waals surface area contributed by atoms with E-state index in [2.05, 4.69) is 52.3 Å². The molecule has 0 unspecified atom stereocenters. The molecule has 6 aromatic heterocycles. The summed E-state index contributed by atoms with van der Waals surface area (Å²) in [5.41, 5.74) is 5.20. The summed E-state index contributed by atoms with van der Waals surface area (Å²) in [4.78, 5) is 45.1. The highest BCUT2D eigenvalue weighted by atomic mass is 19.1. The summed E-state index contributed by atoms with van der Waals surface area (Å²) in [6.45, 7) is 0.260. The molecule has 352 valence electrons. The molecule has 7 heterocycles. The molecule has 11 rings (SSSR count). The average Bonchev–Trinajstić information content (AvgIpc) is 4.27. The van der Waals surface area contributed by atoms with Crippen LogP contribution in [0, 0.1) is 35.1 Å². The maximum atomic E-state index is 14.7. The lowest BCUT2D eigenvalue weighted by atomic mass is 10.1. The van der Waals surface area contributed by atoms with E-state index in [-0.39, 0.29) is 59.7 Å². The van der Waals surface area contributed by atoms with Crippen molar-refractivity contribution in [1.82, 2.24) is 49.8 Å². The van der Waals surface area contributed by atoms with Crippen LogP contribution < -0.4 is 0 Å². The summed E-state index contributed by atoms with van der Waals surface area (Å²) < 4.78 is 75.9. The monoisotopic (exact) mass is 966 g/mol. The van der Waals surface area contributed by atoms with Gasteiger partial charge in [0.2, 0.25) is 0 Å². The Morgan fingerprint density at radius 3 is 1.62 bits per heavy atom. The average molecular weight is 967 g/mol. The van der Waals surface area contributed by atoms with E-state index in [4.69, 9.17) is 23.4 Å². The number of ether oxygens (including phenoxy) is 1. The number of nitrogens with zero attached hydrogens (tertiary/aromatic N) is 10. The van der Waals surface area contributed by atoms with Gasteiger partial charge in [-0.2, -0.15) is 19.8 Å². The molecule has 0 bridgehead atoms. The number of fused-ring (bicyclic) bond motifs is 1. The molecular weight excluding hydrogens is 937 g/mol. The van der Waals surface area contributed by atoms with Gasteiger partial charge in [-0.1, -0.05) is 89.0 Å². The standard InChI is InChI=1S/C26H15F2N5O3.C25H15F2N5O.CO2/c27-18-8-4-1-5-15(18)14-33-23(20-9-10-35-32-20)11-22(31-33)25-29-13-19(28)21(30-25)12-24-16-6-2-3-7-17(16)26(34)36-24;26-19-9-5-4-8-18(19)16-32-24(22-12-13-33-31-22)14-23(30-32)25-28-15-20(27)21(29-25)11-10-17-6-2-1-3-7-17;2-1-3/h1-13H,14H2;1-9,12-15H,16H2;/b24-12+;;. The van der Waals surface area contributed by atoms with E-state index in [1.807, 2.05) is 30.3 Å². The van der Waals surface area contributed by atoms with Crippen LogP contribution in [0.3, 0.4) is 0 Å². The van der Waals surface area contributed by atoms with Gasteiger partial charge < -0.3 is 13.8 Å². The predicted molar refractivity (Wildman–Crippen MR) is 246 cm³/mol. The molecule has 0 spiro atoms. The highest BCUT2D eigenvalue weighted by Crippen LogP contribution is 2.32. The van der Waals surface area contributed by atoms with Crippen molar-refractivity contribution in [3.8, 4) is 57.7 Å². The third-order valence-corrected chi connectivity index (χ3v) is 10.5. The van der Waals surface area contributed by atoms with E-state index in [1.54, 1.807) is 94.3 Å². The van der Waals surface area contributed by atoms with Crippen molar-refractivity contribution in [3.63, 3.8) is 0 Å². The van der Waals surface area contributed by atoms with E-state index in [1.165, 1.54) is 30.7 Å². The Morgan fingerprint density at radius 2 is 1.07 bits per heavy atom. The van der Waals surface area contributed by atoms with Crippen molar-refractivity contribution in [2.75, 3.05) is 0 Å². The van der Waals surface area contributed by atoms with Crippen molar-refractivity contribution in [3.05, 3.63) is 215 Å². The molecule has 10 aromatic rings. The Balaban J connectivity index is 0.000000169. The summed E-state index contributed by atoms with van der Waals surface area (Å²) in [5.74, 6) is 3.55. The fourth-order valence-corrected chi connectivity index (χ4v) is 7.12. The minimum atomic E-state index is -0.700. The second-order valence-electron chi connectivity index (χ2n) is 15.1. The van der Waals surface area contributed by atoms with Gasteiger partial charge in [0.1, 0.15) is 58.4 Å². The summed E-state index contributed by atoms with van der Waals surface area (Å²) >= 11 is 0. The van der Waals surface area contributed by atoms with Crippen molar-refractivity contribution in [2.45, 2.75) is 13.1 Å². The number of carbonyl (C=O) groups is 1. The van der Waals surface area contributed by atoms with Crippen LogP contribution in [0.2, 0.25) is 0 Å². The van der Waals surface area contributed by atoms with E-state index in [0.29, 0.717) is 56.4 Å². The zero-order chi connectivity index (χ0) is 50.0. The van der Waals surface area contributed by atoms with Crippen LogP contribution in [0.1, 0.15) is 44.0 Å². The Bertz CT molecular complexity index is 3690. The molecule has 1 aliphatic rings. The van der Waals surface area contributed by atoms with Crippen molar-refractivity contribution >= 4 is 24.0 Å². The van der Waals surface area contributed by atoms with Crippen LogP contribution in [0.25, 0.3) is 57.6 Å². The maximum absolute atomic E-state index is 14.7. The summed E-state index contributed by atoms with van der Waals surface area (Å²) in [5, 5.41) is 17.0. The zero-order valence-corrected chi connectivity index (χ0v) is 36.9. The molecule has 0 fully saturated rings. The highest BCUT2D eigenvalue weighted by molar-refractivity contribution is 6.05. The molecule has 1 aliphatic heterocycles. The van der Waals surface area contributed by atoms with Gasteiger partial charge in [-0.05, 0) is 48.4 Å². The van der Waals surface area contributed by atoms with Crippen molar-refractivity contribution in [1.29, 1.82) is 0 Å². The Morgan fingerprint density at radius 1 is 0.556 bits per heavy atom. The van der Waals surface area contributed by atoms with Crippen LogP contribution in [-0.2, 0) is 27.4 Å². The van der Waals surface area contributed by atoms with Gasteiger partial charge >= 0.3 is 12.1 Å². The number of benzene rings is 4. The number of halogens is 4. The van der Waals surface area contributed by atoms with Gasteiger partial charge in [0.25, 0.3) is 0 Å². The molecule has 0 saturated carbocycles. The molecule has 16 nitrogen and oxygen atoms in total. The molecule has 0 atom stereocenters. The summed E-state index contributed by atoms with van der Waals surface area (Å²) in [6, 6.07) is 35.5. The maximum Gasteiger partial charge on any atom is 0.373 e.